The van der Waals surface area contributed by atoms with E-state index in [9.17, 15) is 9.59 Å². The van der Waals surface area contributed by atoms with Gasteiger partial charge in [-0.25, -0.2) is 4.79 Å². The van der Waals surface area contributed by atoms with Crippen molar-refractivity contribution in [2.45, 2.75) is 38.6 Å². The molecule has 0 unspecified atom stereocenters. The number of carbonyl (C=O) groups is 2. The Kier molecular flexibility index (Phi) is 6.67. The minimum atomic E-state index is -0.250. The topological polar surface area (TPSA) is 74.3 Å². The SMILES string of the molecule is O=C(NCCC(=O)N1CCCCCC1)NCc1ccncc1. The standard InChI is InChI=1S/C16H24N4O2/c21-15(20-11-3-1-2-4-12-20)7-10-18-16(22)19-13-14-5-8-17-9-6-14/h5-6,8-9H,1-4,7,10-13H2,(H2,18,19,22). The van der Waals surface area contributed by atoms with Crippen molar-refractivity contribution in [3.05, 3.63) is 30.1 Å². The van der Waals surface area contributed by atoms with Crippen LogP contribution in [-0.2, 0) is 11.3 Å². The van der Waals surface area contributed by atoms with Crippen LogP contribution in [0.25, 0.3) is 0 Å². The number of urea groups is 1. The van der Waals surface area contributed by atoms with E-state index in [0.717, 1.165) is 31.5 Å². The Morgan fingerprint density at radius 1 is 1.05 bits per heavy atom. The number of likely N-dealkylation sites (tertiary alicyclic amines) is 1. The Morgan fingerprint density at radius 2 is 1.73 bits per heavy atom. The highest BCUT2D eigenvalue weighted by molar-refractivity contribution is 5.78. The highest BCUT2D eigenvalue weighted by atomic mass is 16.2. The van der Waals surface area contributed by atoms with E-state index in [2.05, 4.69) is 15.6 Å². The molecule has 120 valence electrons. The molecular weight excluding hydrogens is 280 g/mol. The maximum absolute atomic E-state index is 12.1. The molecule has 0 bridgehead atoms. The second-order valence-corrected chi connectivity index (χ2v) is 5.51. The summed E-state index contributed by atoms with van der Waals surface area (Å²) in [5.74, 6) is 0.135. The van der Waals surface area contributed by atoms with Crippen LogP contribution in [0.4, 0.5) is 4.79 Å². The van der Waals surface area contributed by atoms with Gasteiger partial charge in [-0.3, -0.25) is 9.78 Å². The summed E-state index contributed by atoms with van der Waals surface area (Å²) in [7, 11) is 0. The summed E-state index contributed by atoms with van der Waals surface area (Å²) in [4.78, 5) is 29.6. The first-order valence-electron chi connectivity index (χ1n) is 7.94. The lowest BCUT2D eigenvalue weighted by molar-refractivity contribution is -0.131. The van der Waals surface area contributed by atoms with Crippen LogP contribution in [0.3, 0.4) is 0 Å². The average Bonchev–Trinajstić information content (AvgIpc) is 2.83. The van der Waals surface area contributed by atoms with Crippen LogP contribution in [0, 0.1) is 0 Å². The molecule has 6 heteroatoms. The number of hydrogen-bond acceptors (Lipinski definition) is 3. The number of aromatic nitrogens is 1. The van der Waals surface area contributed by atoms with Gasteiger partial charge >= 0.3 is 6.03 Å². The van der Waals surface area contributed by atoms with Crippen molar-refractivity contribution in [3.63, 3.8) is 0 Å². The third kappa shape index (κ3) is 5.71. The number of pyridine rings is 1. The van der Waals surface area contributed by atoms with E-state index in [0.29, 0.717) is 19.5 Å². The van der Waals surface area contributed by atoms with Crippen LogP contribution in [0.15, 0.2) is 24.5 Å². The second-order valence-electron chi connectivity index (χ2n) is 5.51. The van der Waals surface area contributed by atoms with E-state index in [1.165, 1.54) is 12.8 Å². The van der Waals surface area contributed by atoms with Gasteiger partial charge < -0.3 is 15.5 Å². The fourth-order valence-corrected chi connectivity index (χ4v) is 2.51. The number of nitrogens with zero attached hydrogens (tertiary/aromatic N) is 2. The van der Waals surface area contributed by atoms with Crippen LogP contribution in [-0.4, -0.2) is 41.5 Å². The van der Waals surface area contributed by atoms with E-state index in [4.69, 9.17) is 0 Å². The molecule has 1 fully saturated rings. The van der Waals surface area contributed by atoms with Gasteiger partial charge in [-0.2, -0.15) is 0 Å². The maximum Gasteiger partial charge on any atom is 0.315 e. The van der Waals surface area contributed by atoms with E-state index >= 15 is 0 Å². The summed E-state index contributed by atoms with van der Waals surface area (Å²) in [5.41, 5.74) is 0.991. The lowest BCUT2D eigenvalue weighted by Gasteiger charge is -2.20. The van der Waals surface area contributed by atoms with Gasteiger partial charge in [0.1, 0.15) is 0 Å². The van der Waals surface area contributed by atoms with E-state index in [1.807, 2.05) is 17.0 Å². The zero-order chi connectivity index (χ0) is 15.6. The van der Waals surface area contributed by atoms with Crippen LogP contribution in [0.1, 0.15) is 37.7 Å². The van der Waals surface area contributed by atoms with Crippen molar-refractivity contribution in [2.75, 3.05) is 19.6 Å². The largest absolute Gasteiger partial charge is 0.343 e. The van der Waals surface area contributed by atoms with Crippen molar-refractivity contribution in [2.24, 2.45) is 0 Å². The maximum atomic E-state index is 12.1. The van der Waals surface area contributed by atoms with Gasteiger partial charge in [-0.1, -0.05) is 12.8 Å². The van der Waals surface area contributed by atoms with E-state index in [-0.39, 0.29) is 11.9 Å². The monoisotopic (exact) mass is 304 g/mol. The molecule has 0 saturated carbocycles. The third-order valence-corrected chi connectivity index (χ3v) is 3.79. The Bertz CT molecular complexity index is 470. The first kappa shape index (κ1) is 16.3. The molecule has 3 amide bonds. The molecule has 0 spiro atoms. The Balaban J connectivity index is 1.61. The predicted molar refractivity (Wildman–Crippen MR) is 84.1 cm³/mol. The van der Waals surface area contributed by atoms with Gasteiger partial charge in [-0.15, -0.1) is 0 Å². The van der Waals surface area contributed by atoms with Gasteiger partial charge in [0, 0.05) is 45.0 Å². The predicted octanol–water partition coefficient (Wildman–Crippen LogP) is 1.67. The molecule has 1 aliphatic heterocycles. The highest BCUT2D eigenvalue weighted by Crippen LogP contribution is 2.10. The van der Waals surface area contributed by atoms with E-state index in [1.54, 1.807) is 12.4 Å². The molecule has 2 heterocycles. The number of carbonyl (C=O) groups excluding carboxylic acids is 2. The van der Waals surface area contributed by atoms with Gasteiger partial charge in [0.15, 0.2) is 0 Å². The third-order valence-electron chi connectivity index (χ3n) is 3.79. The van der Waals surface area contributed by atoms with Crippen molar-refractivity contribution in [3.8, 4) is 0 Å². The Hall–Kier alpha value is -2.11. The number of nitrogens with one attached hydrogen (secondary N) is 2. The van der Waals surface area contributed by atoms with Gasteiger partial charge in [0.25, 0.3) is 0 Å². The molecule has 6 nitrogen and oxygen atoms in total. The van der Waals surface area contributed by atoms with Crippen molar-refractivity contribution < 1.29 is 9.59 Å². The molecule has 22 heavy (non-hydrogen) atoms. The van der Waals surface area contributed by atoms with Crippen LogP contribution in [0.5, 0.6) is 0 Å². The molecule has 0 radical (unpaired) electrons. The normalized spacial score (nSPS) is 15.0. The van der Waals surface area contributed by atoms with Crippen molar-refractivity contribution in [1.29, 1.82) is 0 Å². The van der Waals surface area contributed by atoms with Crippen molar-refractivity contribution in [1.82, 2.24) is 20.5 Å². The Morgan fingerprint density at radius 3 is 2.41 bits per heavy atom. The minimum Gasteiger partial charge on any atom is -0.343 e. The molecule has 2 rings (SSSR count). The minimum absolute atomic E-state index is 0.135. The summed E-state index contributed by atoms with van der Waals surface area (Å²) in [6, 6.07) is 3.45. The molecular formula is C16H24N4O2. The van der Waals surface area contributed by atoms with Gasteiger partial charge in [-0.05, 0) is 30.5 Å². The fourth-order valence-electron chi connectivity index (χ4n) is 2.51. The molecule has 1 saturated heterocycles. The summed E-state index contributed by atoms with van der Waals surface area (Å²) in [6.45, 7) is 2.53. The molecule has 0 aliphatic carbocycles. The summed E-state index contributed by atoms with van der Waals surface area (Å²) < 4.78 is 0. The zero-order valence-corrected chi connectivity index (χ0v) is 12.9. The molecule has 2 N–H and O–H groups in total. The first-order valence-corrected chi connectivity index (χ1v) is 7.94. The van der Waals surface area contributed by atoms with Crippen molar-refractivity contribution >= 4 is 11.9 Å². The smallest absolute Gasteiger partial charge is 0.315 e. The molecule has 1 aromatic heterocycles. The molecule has 0 atom stereocenters. The molecule has 0 aromatic carbocycles. The van der Waals surface area contributed by atoms with Gasteiger partial charge in [0.2, 0.25) is 5.91 Å². The quantitative estimate of drug-likeness (QED) is 0.869. The Labute approximate surface area is 131 Å². The summed E-state index contributed by atoms with van der Waals surface area (Å²) in [6.07, 6.45) is 8.34. The molecule has 1 aliphatic rings. The fraction of sp³-hybridized carbons (Fsp3) is 0.562. The van der Waals surface area contributed by atoms with Crippen LogP contribution in [0.2, 0.25) is 0 Å². The lowest BCUT2D eigenvalue weighted by atomic mass is 10.2. The number of amides is 3. The van der Waals surface area contributed by atoms with Crippen LogP contribution < -0.4 is 10.6 Å². The molecule has 1 aromatic rings. The van der Waals surface area contributed by atoms with Gasteiger partial charge in [0.05, 0.1) is 0 Å². The summed E-state index contributed by atoms with van der Waals surface area (Å²) in [5, 5.41) is 5.48. The van der Waals surface area contributed by atoms with E-state index < -0.39 is 0 Å². The van der Waals surface area contributed by atoms with Crippen LogP contribution >= 0.6 is 0 Å². The first-order chi connectivity index (χ1) is 10.8. The summed E-state index contributed by atoms with van der Waals surface area (Å²) >= 11 is 0. The number of hydrogen-bond donors (Lipinski definition) is 2. The average molecular weight is 304 g/mol. The highest BCUT2D eigenvalue weighted by Gasteiger charge is 2.15. The second kappa shape index (κ2) is 9.02. The lowest BCUT2D eigenvalue weighted by Crippen LogP contribution is -2.38. The number of rotatable bonds is 5. The zero-order valence-electron chi connectivity index (χ0n) is 12.9.